The van der Waals surface area contributed by atoms with Crippen LogP contribution in [0.15, 0.2) is 21.6 Å². The summed E-state index contributed by atoms with van der Waals surface area (Å²) in [6.45, 7) is 0. The topological polar surface area (TPSA) is 62.1 Å². The van der Waals surface area contributed by atoms with Gasteiger partial charge in [-0.25, -0.2) is 4.99 Å². The fraction of sp³-hybridized carbons (Fsp3) is 0.250. The SMILES string of the molecule is COc1cc(CC2=NC(=S)N(C)C2=O)cc(Br)c1O. The number of carbonyl (C=O) groups excluding carboxylic acids is 1. The van der Waals surface area contributed by atoms with Crippen LogP contribution in [0.1, 0.15) is 5.56 Å². The predicted molar refractivity (Wildman–Crippen MR) is 78.9 cm³/mol. The quantitative estimate of drug-likeness (QED) is 0.852. The molecule has 7 heteroatoms. The van der Waals surface area contributed by atoms with Crippen molar-refractivity contribution >= 4 is 44.9 Å². The summed E-state index contributed by atoms with van der Waals surface area (Å²) in [6.07, 6.45) is 0.332. The van der Waals surface area contributed by atoms with Crippen LogP contribution in [0.4, 0.5) is 0 Å². The summed E-state index contributed by atoms with van der Waals surface area (Å²) in [4.78, 5) is 17.2. The molecule has 0 saturated heterocycles. The maximum Gasteiger partial charge on any atom is 0.274 e. The van der Waals surface area contributed by atoms with E-state index in [9.17, 15) is 9.90 Å². The maximum absolute atomic E-state index is 11.8. The van der Waals surface area contributed by atoms with Gasteiger partial charge in [-0.05, 0) is 45.8 Å². The van der Waals surface area contributed by atoms with Crippen molar-refractivity contribution in [1.82, 2.24) is 4.90 Å². The number of hydrogen-bond donors (Lipinski definition) is 1. The fourth-order valence-electron chi connectivity index (χ4n) is 1.71. The van der Waals surface area contributed by atoms with Gasteiger partial charge in [-0.1, -0.05) is 0 Å². The van der Waals surface area contributed by atoms with E-state index in [0.29, 0.717) is 22.4 Å². The number of benzene rings is 1. The van der Waals surface area contributed by atoms with E-state index < -0.39 is 0 Å². The van der Waals surface area contributed by atoms with Crippen molar-refractivity contribution in [3.05, 3.63) is 22.2 Å². The van der Waals surface area contributed by atoms with Crippen LogP contribution in [0.5, 0.6) is 11.5 Å². The van der Waals surface area contributed by atoms with Gasteiger partial charge in [-0.3, -0.25) is 9.69 Å². The highest BCUT2D eigenvalue weighted by Gasteiger charge is 2.27. The normalized spacial score (nSPS) is 14.9. The second-order valence-electron chi connectivity index (χ2n) is 4.01. The van der Waals surface area contributed by atoms with Gasteiger partial charge in [-0.15, -0.1) is 0 Å². The number of amides is 1. The minimum atomic E-state index is -0.201. The van der Waals surface area contributed by atoms with E-state index in [4.69, 9.17) is 17.0 Å². The lowest BCUT2D eigenvalue weighted by Gasteiger charge is -2.09. The molecule has 0 spiro atoms. The molecule has 1 amide bonds. The Labute approximate surface area is 124 Å². The number of phenols is 1. The molecule has 1 aromatic rings. The number of halogens is 1. The Morgan fingerprint density at radius 2 is 2.21 bits per heavy atom. The molecule has 1 aromatic carbocycles. The molecule has 0 radical (unpaired) electrons. The van der Waals surface area contributed by atoms with E-state index in [1.165, 1.54) is 12.0 Å². The zero-order valence-electron chi connectivity index (χ0n) is 10.3. The van der Waals surface area contributed by atoms with Gasteiger partial charge in [0.15, 0.2) is 11.5 Å². The second kappa shape index (κ2) is 5.26. The highest BCUT2D eigenvalue weighted by atomic mass is 79.9. The molecule has 1 aliphatic rings. The number of carbonyl (C=O) groups is 1. The van der Waals surface area contributed by atoms with Crippen molar-refractivity contribution in [2.45, 2.75) is 6.42 Å². The van der Waals surface area contributed by atoms with Crippen molar-refractivity contribution in [2.75, 3.05) is 14.2 Å². The number of nitrogens with zero attached hydrogens (tertiary/aromatic N) is 2. The summed E-state index contributed by atoms with van der Waals surface area (Å²) < 4.78 is 5.56. The molecule has 5 nitrogen and oxygen atoms in total. The number of aliphatic imine (C=N–C) groups is 1. The fourth-order valence-corrected chi connectivity index (χ4v) is 2.39. The molecular weight excluding hydrogens is 332 g/mol. The molecule has 0 aromatic heterocycles. The van der Waals surface area contributed by atoms with Crippen molar-refractivity contribution in [1.29, 1.82) is 0 Å². The first kappa shape index (κ1) is 14.0. The first-order valence-corrected chi connectivity index (χ1v) is 6.59. The van der Waals surface area contributed by atoms with Gasteiger partial charge >= 0.3 is 0 Å². The van der Waals surface area contributed by atoms with E-state index >= 15 is 0 Å². The molecule has 0 unspecified atom stereocenters. The summed E-state index contributed by atoms with van der Waals surface area (Å²) in [6, 6.07) is 3.38. The summed E-state index contributed by atoms with van der Waals surface area (Å²) in [7, 11) is 3.06. The van der Waals surface area contributed by atoms with Gasteiger partial charge in [0.05, 0.1) is 11.6 Å². The number of hydrogen-bond acceptors (Lipinski definition) is 4. The molecule has 0 saturated carbocycles. The summed E-state index contributed by atoms with van der Waals surface area (Å²) in [5, 5.41) is 9.99. The number of rotatable bonds is 3. The van der Waals surface area contributed by atoms with Crippen LogP contribution in [0, 0.1) is 0 Å². The Morgan fingerprint density at radius 1 is 1.53 bits per heavy atom. The van der Waals surface area contributed by atoms with Gasteiger partial charge in [-0.2, -0.15) is 0 Å². The Hall–Kier alpha value is -1.47. The number of aromatic hydroxyl groups is 1. The molecule has 1 aliphatic heterocycles. The molecular formula is C12H11BrN2O3S. The van der Waals surface area contributed by atoms with E-state index in [1.807, 2.05) is 0 Å². The van der Waals surface area contributed by atoms with Gasteiger partial charge in [0, 0.05) is 13.5 Å². The number of methoxy groups -OCH3 is 1. The monoisotopic (exact) mass is 342 g/mol. The van der Waals surface area contributed by atoms with Crippen LogP contribution >= 0.6 is 28.1 Å². The van der Waals surface area contributed by atoms with Crippen molar-refractivity contribution in [3.8, 4) is 11.5 Å². The smallest absolute Gasteiger partial charge is 0.274 e. The van der Waals surface area contributed by atoms with Crippen LogP contribution in [-0.2, 0) is 11.2 Å². The Kier molecular flexibility index (Phi) is 3.86. The minimum absolute atomic E-state index is 0.0265. The van der Waals surface area contributed by atoms with Crippen molar-refractivity contribution in [2.24, 2.45) is 4.99 Å². The lowest BCUT2D eigenvalue weighted by molar-refractivity contribution is -0.119. The molecule has 1 N–H and O–H groups in total. The van der Waals surface area contributed by atoms with Gasteiger partial charge in [0.1, 0.15) is 5.71 Å². The Morgan fingerprint density at radius 3 is 2.74 bits per heavy atom. The van der Waals surface area contributed by atoms with Crippen LogP contribution in [-0.4, -0.2) is 40.9 Å². The Bertz CT molecular complexity index is 601. The lowest BCUT2D eigenvalue weighted by Crippen LogP contribution is -2.29. The zero-order chi connectivity index (χ0) is 14.2. The molecule has 19 heavy (non-hydrogen) atoms. The van der Waals surface area contributed by atoms with E-state index in [0.717, 1.165) is 5.56 Å². The molecule has 2 rings (SSSR count). The van der Waals surface area contributed by atoms with Crippen molar-refractivity contribution in [3.63, 3.8) is 0 Å². The molecule has 1 heterocycles. The zero-order valence-corrected chi connectivity index (χ0v) is 12.7. The third-order valence-corrected chi connectivity index (χ3v) is 3.72. The van der Waals surface area contributed by atoms with Crippen LogP contribution in [0.2, 0.25) is 0 Å². The average molecular weight is 343 g/mol. The van der Waals surface area contributed by atoms with Crippen LogP contribution < -0.4 is 4.74 Å². The first-order chi connectivity index (χ1) is 8.93. The standard InChI is InChI=1S/C12H11BrN2O3S/c1-15-11(17)8(14-12(15)19)4-6-3-7(13)10(16)9(5-6)18-2/h3,5,16H,4H2,1-2H3. The van der Waals surface area contributed by atoms with Gasteiger partial charge in [0.25, 0.3) is 5.91 Å². The highest BCUT2D eigenvalue weighted by molar-refractivity contribution is 9.10. The molecule has 0 bridgehead atoms. The first-order valence-electron chi connectivity index (χ1n) is 5.39. The molecule has 0 aliphatic carbocycles. The lowest BCUT2D eigenvalue weighted by atomic mass is 10.1. The summed E-state index contributed by atoms with van der Waals surface area (Å²) in [5.74, 6) is 0.165. The number of ether oxygens (including phenoxy) is 1. The van der Waals surface area contributed by atoms with Crippen molar-refractivity contribution < 1.29 is 14.6 Å². The summed E-state index contributed by atoms with van der Waals surface area (Å²) >= 11 is 8.19. The average Bonchev–Trinajstić information content (AvgIpc) is 2.61. The molecule has 100 valence electrons. The van der Waals surface area contributed by atoms with Gasteiger partial charge < -0.3 is 9.84 Å². The van der Waals surface area contributed by atoms with E-state index in [1.54, 1.807) is 19.2 Å². The minimum Gasteiger partial charge on any atom is -0.503 e. The molecule has 0 atom stereocenters. The number of thiocarbonyl (C=S) groups is 1. The maximum atomic E-state index is 11.8. The summed E-state index contributed by atoms with van der Waals surface area (Å²) in [5.41, 5.74) is 1.18. The van der Waals surface area contributed by atoms with Crippen LogP contribution in [0.3, 0.4) is 0 Å². The second-order valence-corrected chi connectivity index (χ2v) is 5.23. The number of phenolic OH excluding ortho intramolecular Hbond substituents is 1. The third kappa shape index (κ3) is 2.62. The van der Waals surface area contributed by atoms with Gasteiger partial charge in [0.2, 0.25) is 5.11 Å². The third-order valence-electron chi connectivity index (χ3n) is 2.75. The van der Waals surface area contributed by atoms with E-state index in [-0.39, 0.29) is 16.8 Å². The molecule has 0 fully saturated rings. The highest BCUT2D eigenvalue weighted by Crippen LogP contribution is 2.35. The predicted octanol–water partition coefficient (Wildman–Crippen LogP) is 1.90. The van der Waals surface area contributed by atoms with E-state index in [2.05, 4.69) is 20.9 Å². The Balaban J connectivity index is 2.30. The van der Waals surface area contributed by atoms with Crippen LogP contribution in [0.25, 0.3) is 0 Å². The largest absolute Gasteiger partial charge is 0.503 e.